The number of aryl methyl sites for hydroxylation is 1. The Morgan fingerprint density at radius 1 is 0.774 bits per heavy atom. The summed E-state index contributed by atoms with van der Waals surface area (Å²) in [6, 6.07) is 18.7. The van der Waals surface area contributed by atoms with Crippen molar-refractivity contribution in [2.75, 3.05) is 57.3 Å². The van der Waals surface area contributed by atoms with Gasteiger partial charge < -0.3 is 25.2 Å². The van der Waals surface area contributed by atoms with E-state index in [2.05, 4.69) is 49.0 Å². The molecule has 3 aromatic carbocycles. The number of nitrogens with two attached hydrogens (primary N) is 1. The molecule has 0 bridgehead atoms. The highest BCUT2D eigenvalue weighted by atomic mass is 16.3. The number of amides is 4. The van der Waals surface area contributed by atoms with Crippen LogP contribution in [0.5, 0.6) is 5.75 Å². The van der Waals surface area contributed by atoms with Gasteiger partial charge >= 0.3 is 0 Å². The largest absolute Gasteiger partial charge is 0.508 e. The molecule has 8 rings (SSSR count). The van der Waals surface area contributed by atoms with Crippen LogP contribution in [0.15, 0.2) is 66.9 Å². The summed E-state index contributed by atoms with van der Waals surface area (Å²) in [5, 5.41) is 13.3. The molecule has 0 radical (unpaired) electrons. The highest BCUT2D eigenvalue weighted by Crippen LogP contribution is 2.34. The van der Waals surface area contributed by atoms with E-state index in [0.717, 1.165) is 94.3 Å². The number of nitrogens with zero attached hydrogens (tertiary/aromatic N) is 5. The Kier molecular flexibility index (Phi) is 9.76. The second kappa shape index (κ2) is 14.8. The molecule has 1 atom stereocenters. The number of phenols is 1. The van der Waals surface area contributed by atoms with Crippen LogP contribution in [0, 0.1) is 5.92 Å². The molecule has 3 fully saturated rings. The molecule has 5 heterocycles. The summed E-state index contributed by atoms with van der Waals surface area (Å²) >= 11 is 0. The highest BCUT2D eigenvalue weighted by molar-refractivity contribution is 6.23. The van der Waals surface area contributed by atoms with Gasteiger partial charge in [-0.2, -0.15) is 0 Å². The topological polar surface area (TPSA) is 144 Å². The number of benzene rings is 3. The number of aromatic nitrogens is 1. The molecular formula is C41H47N7O5. The average molecular weight is 718 g/mol. The monoisotopic (exact) mass is 717 g/mol. The summed E-state index contributed by atoms with van der Waals surface area (Å²) in [7, 11) is 0. The van der Waals surface area contributed by atoms with Crippen LogP contribution in [-0.4, -0.2) is 106 Å². The van der Waals surface area contributed by atoms with Gasteiger partial charge in [-0.15, -0.1) is 0 Å². The molecular weight excluding hydrogens is 670 g/mol. The van der Waals surface area contributed by atoms with Gasteiger partial charge in [-0.3, -0.25) is 34.3 Å². The minimum Gasteiger partial charge on any atom is -0.508 e. The van der Waals surface area contributed by atoms with Gasteiger partial charge in [0.05, 0.1) is 11.1 Å². The van der Waals surface area contributed by atoms with Crippen LogP contribution >= 0.6 is 0 Å². The predicted octanol–water partition coefficient (Wildman–Crippen LogP) is 3.80. The lowest BCUT2D eigenvalue weighted by molar-refractivity contribution is -0.136. The lowest BCUT2D eigenvalue weighted by Crippen LogP contribution is -2.54. The lowest BCUT2D eigenvalue weighted by Gasteiger charge is -2.39. The number of fused-ring (bicyclic) bond motifs is 2. The molecule has 0 aliphatic carbocycles. The number of carbonyl (C=O) groups excluding carboxylic acids is 4. The zero-order valence-corrected chi connectivity index (χ0v) is 30.0. The average Bonchev–Trinajstić information content (AvgIpc) is 3.65. The normalized spacial score (nSPS) is 20.4. The van der Waals surface area contributed by atoms with E-state index < -0.39 is 23.8 Å². The van der Waals surface area contributed by atoms with Gasteiger partial charge in [-0.05, 0) is 91.7 Å². The van der Waals surface area contributed by atoms with Gasteiger partial charge in [0, 0.05) is 93.7 Å². The summed E-state index contributed by atoms with van der Waals surface area (Å²) in [4.78, 5) is 59.0. The molecule has 4 aromatic rings. The van der Waals surface area contributed by atoms with Crippen molar-refractivity contribution < 1.29 is 24.3 Å². The Bertz CT molecular complexity index is 2040. The number of hydrogen-bond acceptors (Lipinski definition) is 9. The zero-order valence-electron chi connectivity index (χ0n) is 30.0. The second-order valence-electron chi connectivity index (χ2n) is 15.0. The Hall–Kier alpha value is -5.04. The molecule has 0 saturated carbocycles. The van der Waals surface area contributed by atoms with Crippen molar-refractivity contribution in [3.05, 3.63) is 83.6 Å². The Morgan fingerprint density at radius 2 is 1.51 bits per heavy atom. The zero-order chi connectivity index (χ0) is 36.6. The van der Waals surface area contributed by atoms with E-state index >= 15 is 0 Å². The molecule has 12 heteroatoms. The van der Waals surface area contributed by atoms with E-state index in [-0.39, 0.29) is 24.5 Å². The van der Waals surface area contributed by atoms with Crippen LogP contribution in [0.2, 0.25) is 0 Å². The number of anilines is 1. The van der Waals surface area contributed by atoms with Crippen molar-refractivity contribution in [2.24, 2.45) is 11.7 Å². The quantitative estimate of drug-likeness (QED) is 0.209. The molecule has 1 unspecified atom stereocenters. The first-order valence-electron chi connectivity index (χ1n) is 18.9. The molecule has 0 spiro atoms. The fourth-order valence-electron chi connectivity index (χ4n) is 8.54. The summed E-state index contributed by atoms with van der Waals surface area (Å²) in [5.74, 6) is -1.05. The fraction of sp³-hybridized carbons (Fsp3) is 0.415. The summed E-state index contributed by atoms with van der Waals surface area (Å²) in [6.45, 7) is 9.40. The molecule has 4 amide bonds. The van der Waals surface area contributed by atoms with Gasteiger partial charge in [0.15, 0.2) is 0 Å². The lowest BCUT2D eigenvalue weighted by atomic mass is 9.95. The van der Waals surface area contributed by atoms with Crippen LogP contribution in [-0.2, 0) is 22.7 Å². The number of carbonyl (C=O) groups is 4. The number of imide groups is 2. The third-order valence-corrected chi connectivity index (χ3v) is 11.5. The molecule has 276 valence electrons. The van der Waals surface area contributed by atoms with E-state index in [1.165, 1.54) is 22.0 Å². The summed E-state index contributed by atoms with van der Waals surface area (Å²) in [5.41, 5.74) is 12.2. The summed E-state index contributed by atoms with van der Waals surface area (Å²) < 4.78 is 2.30. The molecule has 12 nitrogen and oxygen atoms in total. The standard InChI is InChI=1S/C41H47N7O5/c42-14-1-15-47-26-35(29-3-6-31(49)7-4-29)33-22-28(2-9-36(33)47)25-45-20-18-44(19-21-45)24-27-12-16-46(17-13-27)30-5-8-32-34(23-30)41(53)48(40(32)52)37-10-11-38(50)43-39(37)51/h2-9,22-23,26-27,37,49H,1,10-21,24-25,42H2,(H,43,50,51). The van der Waals surface area contributed by atoms with Crippen molar-refractivity contribution >= 4 is 40.2 Å². The minimum atomic E-state index is -0.957. The maximum atomic E-state index is 13.3. The van der Waals surface area contributed by atoms with E-state index in [1.54, 1.807) is 24.3 Å². The molecule has 4 aliphatic heterocycles. The van der Waals surface area contributed by atoms with Crippen LogP contribution in [0.3, 0.4) is 0 Å². The first-order valence-corrected chi connectivity index (χ1v) is 18.9. The molecule has 4 aliphatic rings. The third-order valence-electron chi connectivity index (χ3n) is 11.5. The van der Waals surface area contributed by atoms with Crippen LogP contribution in [0.25, 0.3) is 22.0 Å². The van der Waals surface area contributed by atoms with Crippen LogP contribution in [0.4, 0.5) is 5.69 Å². The van der Waals surface area contributed by atoms with Crippen LogP contribution < -0.4 is 16.0 Å². The first kappa shape index (κ1) is 35.0. The fourth-order valence-corrected chi connectivity index (χ4v) is 8.54. The predicted molar refractivity (Wildman–Crippen MR) is 202 cm³/mol. The highest BCUT2D eigenvalue weighted by Gasteiger charge is 2.44. The number of phenolic OH excluding ortho intramolecular Hbond substituents is 1. The maximum absolute atomic E-state index is 13.3. The van der Waals surface area contributed by atoms with Crippen molar-refractivity contribution in [1.29, 1.82) is 0 Å². The Labute approximate surface area is 309 Å². The van der Waals surface area contributed by atoms with Gasteiger partial charge in [-0.25, -0.2) is 0 Å². The SMILES string of the molecule is NCCCn1cc(-c2ccc(O)cc2)c2cc(CN3CCN(CC4CCN(c5ccc6c(c5)C(=O)N(C5CCC(=O)NC5=O)C6=O)CC4)CC3)ccc21. The van der Waals surface area contributed by atoms with Crippen molar-refractivity contribution in [3.8, 4) is 16.9 Å². The van der Waals surface area contributed by atoms with Gasteiger partial charge in [0.1, 0.15) is 11.8 Å². The van der Waals surface area contributed by atoms with Crippen LogP contribution in [0.1, 0.15) is 58.4 Å². The van der Waals surface area contributed by atoms with E-state index in [4.69, 9.17) is 5.73 Å². The number of hydrogen-bond donors (Lipinski definition) is 3. The molecule has 3 saturated heterocycles. The smallest absolute Gasteiger partial charge is 0.262 e. The third kappa shape index (κ3) is 7.06. The number of piperidine rings is 2. The summed E-state index contributed by atoms with van der Waals surface area (Å²) in [6.07, 6.45) is 5.50. The van der Waals surface area contributed by atoms with Crippen molar-refractivity contribution in [2.45, 2.75) is 51.2 Å². The Balaban J connectivity index is 0.841. The number of rotatable bonds is 10. The number of piperazine rings is 1. The molecule has 53 heavy (non-hydrogen) atoms. The van der Waals surface area contributed by atoms with E-state index in [1.807, 2.05) is 18.2 Å². The van der Waals surface area contributed by atoms with Gasteiger partial charge in [0.25, 0.3) is 11.8 Å². The first-order chi connectivity index (χ1) is 25.7. The Morgan fingerprint density at radius 3 is 2.25 bits per heavy atom. The van der Waals surface area contributed by atoms with Gasteiger partial charge in [-0.1, -0.05) is 18.2 Å². The minimum absolute atomic E-state index is 0.104. The number of aromatic hydroxyl groups is 1. The molecule has 1 aromatic heterocycles. The van der Waals surface area contributed by atoms with Crippen molar-refractivity contribution in [1.82, 2.24) is 24.6 Å². The van der Waals surface area contributed by atoms with E-state index in [0.29, 0.717) is 23.6 Å². The maximum Gasteiger partial charge on any atom is 0.262 e. The van der Waals surface area contributed by atoms with Gasteiger partial charge in [0.2, 0.25) is 11.8 Å². The molecule has 4 N–H and O–H groups in total. The van der Waals surface area contributed by atoms with E-state index in [9.17, 15) is 24.3 Å². The van der Waals surface area contributed by atoms with Crippen molar-refractivity contribution in [3.63, 3.8) is 0 Å². The number of nitrogens with one attached hydrogen (secondary N) is 1. The second-order valence-corrected chi connectivity index (χ2v) is 15.0.